The van der Waals surface area contributed by atoms with Crippen molar-refractivity contribution in [1.29, 1.82) is 0 Å². The van der Waals surface area contributed by atoms with E-state index in [0.29, 0.717) is 0 Å². The highest BCUT2D eigenvalue weighted by Gasteiger charge is 2.01. The fourth-order valence-corrected chi connectivity index (χ4v) is 1.74. The lowest BCUT2D eigenvalue weighted by atomic mass is 10.3. The topological polar surface area (TPSA) is 4.93 Å². The van der Waals surface area contributed by atoms with E-state index >= 15 is 0 Å². The molecule has 0 saturated carbocycles. The SMILES string of the molecule is Clc1ccc(Br)cc1-n1cccc1. The number of aromatic nitrogens is 1. The maximum absolute atomic E-state index is 6.05. The van der Waals surface area contributed by atoms with Gasteiger partial charge in [-0.1, -0.05) is 27.5 Å². The molecule has 66 valence electrons. The molecule has 0 aliphatic heterocycles. The summed E-state index contributed by atoms with van der Waals surface area (Å²) >= 11 is 9.46. The van der Waals surface area contributed by atoms with Gasteiger partial charge in [-0.3, -0.25) is 0 Å². The van der Waals surface area contributed by atoms with Crippen LogP contribution in [0.4, 0.5) is 0 Å². The van der Waals surface area contributed by atoms with Gasteiger partial charge in [-0.05, 0) is 30.3 Å². The smallest absolute Gasteiger partial charge is 0.0647 e. The Hall–Kier alpha value is -0.730. The van der Waals surface area contributed by atoms with Crippen LogP contribution in [0.1, 0.15) is 0 Å². The molecule has 0 N–H and O–H groups in total. The summed E-state index contributed by atoms with van der Waals surface area (Å²) in [7, 11) is 0. The minimum absolute atomic E-state index is 0.749. The van der Waals surface area contributed by atoms with Gasteiger partial charge >= 0.3 is 0 Å². The van der Waals surface area contributed by atoms with Crippen molar-refractivity contribution in [3.8, 4) is 5.69 Å². The molecule has 0 spiro atoms. The summed E-state index contributed by atoms with van der Waals surface area (Å²) in [6.07, 6.45) is 3.93. The third kappa shape index (κ3) is 1.79. The largest absolute Gasteiger partial charge is 0.322 e. The van der Waals surface area contributed by atoms with Gasteiger partial charge in [0.1, 0.15) is 0 Å². The molecule has 0 radical (unpaired) electrons. The summed E-state index contributed by atoms with van der Waals surface area (Å²) < 4.78 is 3.01. The van der Waals surface area contributed by atoms with Gasteiger partial charge in [0.2, 0.25) is 0 Å². The number of hydrogen-bond acceptors (Lipinski definition) is 0. The van der Waals surface area contributed by atoms with Crippen molar-refractivity contribution in [2.45, 2.75) is 0 Å². The molecular weight excluding hydrogens is 249 g/mol. The van der Waals surface area contributed by atoms with E-state index in [1.807, 2.05) is 47.3 Å². The average Bonchev–Trinajstić information content (AvgIpc) is 2.61. The minimum atomic E-state index is 0.749. The van der Waals surface area contributed by atoms with E-state index in [4.69, 9.17) is 11.6 Å². The Kier molecular flexibility index (Phi) is 2.42. The molecule has 0 amide bonds. The monoisotopic (exact) mass is 255 g/mol. The van der Waals surface area contributed by atoms with E-state index in [1.54, 1.807) is 0 Å². The number of rotatable bonds is 1. The first-order valence-corrected chi connectivity index (χ1v) is 5.03. The van der Waals surface area contributed by atoms with Crippen molar-refractivity contribution in [1.82, 2.24) is 4.57 Å². The first-order valence-electron chi connectivity index (χ1n) is 3.86. The minimum Gasteiger partial charge on any atom is -0.322 e. The lowest BCUT2D eigenvalue weighted by Gasteiger charge is -2.05. The highest BCUT2D eigenvalue weighted by atomic mass is 79.9. The average molecular weight is 257 g/mol. The van der Waals surface area contributed by atoms with Crippen LogP contribution < -0.4 is 0 Å². The van der Waals surface area contributed by atoms with Crippen LogP contribution in [-0.4, -0.2) is 4.57 Å². The second-order valence-electron chi connectivity index (χ2n) is 2.69. The summed E-state index contributed by atoms with van der Waals surface area (Å²) in [5, 5.41) is 0.749. The van der Waals surface area contributed by atoms with Gasteiger partial charge in [0.25, 0.3) is 0 Å². The summed E-state index contributed by atoms with van der Waals surface area (Å²) in [6.45, 7) is 0. The predicted octanol–water partition coefficient (Wildman–Crippen LogP) is 3.89. The molecule has 0 fully saturated rings. The lowest BCUT2D eigenvalue weighted by molar-refractivity contribution is 1.08. The van der Waals surface area contributed by atoms with Crippen molar-refractivity contribution in [2.24, 2.45) is 0 Å². The first-order chi connectivity index (χ1) is 6.27. The van der Waals surface area contributed by atoms with Crippen molar-refractivity contribution in [3.05, 3.63) is 52.2 Å². The van der Waals surface area contributed by atoms with Crippen molar-refractivity contribution in [2.75, 3.05) is 0 Å². The molecule has 0 aliphatic carbocycles. The zero-order valence-corrected chi connectivity index (χ0v) is 9.09. The third-order valence-electron chi connectivity index (χ3n) is 1.79. The van der Waals surface area contributed by atoms with E-state index in [9.17, 15) is 0 Å². The Bertz CT molecular complexity index is 409. The quantitative estimate of drug-likeness (QED) is 0.729. The number of benzene rings is 1. The Labute approximate surface area is 90.1 Å². The molecule has 2 rings (SSSR count). The second kappa shape index (κ2) is 3.56. The van der Waals surface area contributed by atoms with E-state index in [0.717, 1.165) is 15.2 Å². The van der Waals surface area contributed by atoms with Crippen molar-refractivity contribution in [3.63, 3.8) is 0 Å². The Morgan fingerprint density at radius 3 is 2.54 bits per heavy atom. The van der Waals surface area contributed by atoms with Gasteiger partial charge in [0.05, 0.1) is 10.7 Å². The zero-order valence-electron chi connectivity index (χ0n) is 6.74. The van der Waals surface area contributed by atoms with Gasteiger partial charge in [-0.25, -0.2) is 0 Å². The van der Waals surface area contributed by atoms with Gasteiger partial charge in [-0.15, -0.1) is 0 Å². The molecule has 1 aromatic heterocycles. The molecule has 1 aromatic carbocycles. The fraction of sp³-hybridized carbons (Fsp3) is 0. The van der Waals surface area contributed by atoms with Crippen LogP contribution >= 0.6 is 27.5 Å². The highest BCUT2D eigenvalue weighted by molar-refractivity contribution is 9.10. The predicted molar refractivity (Wildman–Crippen MR) is 58.5 cm³/mol. The Balaban J connectivity index is 2.57. The van der Waals surface area contributed by atoms with Gasteiger partial charge in [-0.2, -0.15) is 0 Å². The maximum atomic E-state index is 6.05. The molecule has 0 unspecified atom stereocenters. The number of nitrogens with zero attached hydrogens (tertiary/aromatic N) is 1. The normalized spacial score (nSPS) is 10.3. The van der Waals surface area contributed by atoms with Crippen LogP contribution in [0.2, 0.25) is 5.02 Å². The van der Waals surface area contributed by atoms with Crippen LogP contribution in [0.3, 0.4) is 0 Å². The van der Waals surface area contributed by atoms with E-state index in [1.165, 1.54) is 0 Å². The lowest BCUT2D eigenvalue weighted by Crippen LogP contribution is -1.90. The van der Waals surface area contributed by atoms with Gasteiger partial charge < -0.3 is 4.57 Å². The zero-order chi connectivity index (χ0) is 9.26. The molecule has 2 aromatic rings. The molecule has 0 bridgehead atoms. The molecule has 3 heteroatoms. The molecule has 13 heavy (non-hydrogen) atoms. The summed E-state index contributed by atoms with van der Waals surface area (Å²) in [5.74, 6) is 0. The van der Waals surface area contributed by atoms with Gasteiger partial charge in [0, 0.05) is 16.9 Å². The van der Waals surface area contributed by atoms with Crippen molar-refractivity contribution < 1.29 is 0 Å². The number of halogens is 2. The Morgan fingerprint density at radius 2 is 1.85 bits per heavy atom. The summed E-state index contributed by atoms with van der Waals surface area (Å²) in [6, 6.07) is 9.73. The van der Waals surface area contributed by atoms with Gasteiger partial charge in [0.15, 0.2) is 0 Å². The molecule has 1 heterocycles. The molecule has 1 nitrogen and oxygen atoms in total. The van der Waals surface area contributed by atoms with Crippen LogP contribution in [-0.2, 0) is 0 Å². The fourth-order valence-electron chi connectivity index (χ4n) is 1.18. The van der Waals surface area contributed by atoms with E-state index < -0.39 is 0 Å². The van der Waals surface area contributed by atoms with Crippen molar-refractivity contribution >= 4 is 27.5 Å². The summed E-state index contributed by atoms with van der Waals surface area (Å²) in [4.78, 5) is 0. The maximum Gasteiger partial charge on any atom is 0.0647 e. The van der Waals surface area contributed by atoms with Crippen LogP contribution in [0.25, 0.3) is 5.69 Å². The molecule has 0 aliphatic rings. The number of hydrogen-bond donors (Lipinski definition) is 0. The van der Waals surface area contributed by atoms with E-state index in [2.05, 4.69) is 15.9 Å². The third-order valence-corrected chi connectivity index (χ3v) is 2.60. The Morgan fingerprint density at radius 1 is 1.15 bits per heavy atom. The van der Waals surface area contributed by atoms with E-state index in [-0.39, 0.29) is 0 Å². The molecular formula is C10H7BrClN. The van der Waals surface area contributed by atoms with Crippen LogP contribution in [0, 0.1) is 0 Å². The molecule has 0 saturated heterocycles. The van der Waals surface area contributed by atoms with Crippen LogP contribution in [0.5, 0.6) is 0 Å². The molecule has 0 atom stereocenters. The van der Waals surface area contributed by atoms with Crippen LogP contribution in [0.15, 0.2) is 47.2 Å². The highest BCUT2D eigenvalue weighted by Crippen LogP contribution is 2.24. The first kappa shape index (κ1) is 8.85. The standard InChI is InChI=1S/C10H7BrClN/c11-8-3-4-9(12)10(7-8)13-5-1-2-6-13/h1-7H. The summed E-state index contributed by atoms with van der Waals surface area (Å²) in [5.41, 5.74) is 0.987. The second-order valence-corrected chi connectivity index (χ2v) is 4.01.